The molecule has 0 saturated heterocycles. The first-order chi connectivity index (χ1) is 9.68. The van der Waals surface area contributed by atoms with E-state index in [9.17, 15) is 14.7 Å². The van der Waals surface area contributed by atoms with Crippen LogP contribution in [0.25, 0.3) is 0 Å². The summed E-state index contributed by atoms with van der Waals surface area (Å²) in [6, 6.07) is 13.4. The minimum Gasteiger partial charge on any atom is -0.506 e. The van der Waals surface area contributed by atoms with Crippen LogP contribution >= 0.6 is 0 Å². The molecule has 0 bridgehead atoms. The fourth-order valence-electron chi connectivity index (χ4n) is 2.17. The summed E-state index contributed by atoms with van der Waals surface area (Å²) in [6.45, 7) is 0.0178. The van der Waals surface area contributed by atoms with Gasteiger partial charge in [-0.3, -0.25) is 14.5 Å². The van der Waals surface area contributed by atoms with Gasteiger partial charge in [-0.2, -0.15) is 0 Å². The predicted octanol–water partition coefficient (Wildman–Crippen LogP) is 2.06. The zero-order chi connectivity index (χ0) is 14.1. The maximum atomic E-state index is 12.1. The van der Waals surface area contributed by atoms with E-state index >= 15 is 0 Å². The Bertz CT molecular complexity index is 662. The minimum atomic E-state index is -0.325. The van der Waals surface area contributed by atoms with Crippen LogP contribution in [0.1, 0.15) is 20.7 Å². The summed E-state index contributed by atoms with van der Waals surface area (Å²) in [5.74, 6) is -0.578. The molecular formula is C15H12N2O3. The molecule has 2 N–H and O–H groups in total. The molecule has 0 atom stereocenters. The molecule has 5 nitrogen and oxygen atoms in total. The Labute approximate surface area is 115 Å². The highest BCUT2D eigenvalue weighted by Gasteiger charge is 2.34. The molecule has 1 heterocycles. The van der Waals surface area contributed by atoms with Crippen molar-refractivity contribution in [1.29, 1.82) is 0 Å². The molecule has 0 aliphatic carbocycles. The predicted molar refractivity (Wildman–Crippen MR) is 73.5 cm³/mol. The number of nitrogens with one attached hydrogen (secondary N) is 1. The van der Waals surface area contributed by atoms with Crippen molar-refractivity contribution >= 4 is 17.5 Å². The number of fused-ring (bicyclic) bond motifs is 1. The lowest BCUT2D eigenvalue weighted by molar-refractivity contribution is 0.0665. The van der Waals surface area contributed by atoms with E-state index in [1.807, 2.05) is 0 Å². The van der Waals surface area contributed by atoms with Crippen molar-refractivity contribution in [2.45, 2.75) is 0 Å². The van der Waals surface area contributed by atoms with Crippen molar-refractivity contribution in [3.63, 3.8) is 0 Å². The highest BCUT2D eigenvalue weighted by molar-refractivity contribution is 6.21. The van der Waals surface area contributed by atoms with Crippen LogP contribution in [0.4, 0.5) is 5.69 Å². The van der Waals surface area contributed by atoms with Gasteiger partial charge in [0, 0.05) is 0 Å². The van der Waals surface area contributed by atoms with Gasteiger partial charge in [0.05, 0.1) is 23.5 Å². The van der Waals surface area contributed by atoms with E-state index in [1.165, 1.54) is 6.07 Å². The van der Waals surface area contributed by atoms with Crippen molar-refractivity contribution in [3.05, 3.63) is 59.7 Å². The molecule has 3 rings (SSSR count). The number of hydrogen-bond donors (Lipinski definition) is 2. The van der Waals surface area contributed by atoms with Crippen LogP contribution in [0, 0.1) is 0 Å². The number of rotatable bonds is 3. The van der Waals surface area contributed by atoms with Gasteiger partial charge in [0.2, 0.25) is 0 Å². The molecule has 0 unspecified atom stereocenters. The zero-order valence-electron chi connectivity index (χ0n) is 10.5. The number of imide groups is 1. The Hall–Kier alpha value is -2.82. The average molecular weight is 268 g/mol. The lowest BCUT2D eigenvalue weighted by atomic mass is 10.1. The third-order valence-corrected chi connectivity index (χ3v) is 3.21. The highest BCUT2D eigenvalue weighted by Crippen LogP contribution is 2.24. The normalized spacial score (nSPS) is 13.5. The topological polar surface area (TPSA) is 69.6 Å². The third-order valence-electron chi connectivity index (χ3n) is 3.21. The number of phenolic OH excluding ortho intramolecular Hbond substituents is 1. The van der Waals surface area contributed by atoms with Crippen LogP contribution in [-0.4, -0.2) is 28.5 Å². The van der Waals surface area contributed by atoms with Gasteiger partial charge >= 0.3 is 0 Å². The van der Waals surface area contributed by atoms with Crippen LogP contribution in [0.15, 0.2) is 48.5 Å². The average Bonchev–Trinajstić information content (AvgIpc) is 2.71. The zero-order valence-corrected chi connectivity index (χ0v) is 10.5. The Balaban J connectivity index is 1.79. The summed E-state index contributed by atoms with van der Waals surface area (Å²) in [5, 5.41) is 12.5. The van der Waals surface area contributed by atoms with Crippen LogP contribution in [-0.2, 0) is 0 Å². The molecule has 0 radical (unpaired) electrons. The molecule has 0 fully saturated rings. The summed E-state index contributed by atoms with van der Waals surface area (Å²) in [4.78, 5) is 25.4. The van der Waals surface area contributed by atoms with Crippen LogP contribution in [0.3, 0.4) is 0 Å². The van der Waals surface area contributed by atoms with Crippen molar-refractivity contribution in [3.8, 4) is 5.75 Å². The first-order valence-corrected chi connectivity index (χ1v) is 6.15. The van der Waals surface area contributed by atoms with Gasteiger partial charge < -0.3 is 10.4 Å². The van der Waals surface area contributed by atoms with E-state index in [1.54, 1.807) is 42.5 Å². The van der Waals surface area contributed by atoms with E-state index < -0.39 is 0 Å². The van der Waals surface area contributed by atoms with Crippen LogP contribution in [0.2, 0.25) is 0 Å². The second kappa shape index (κ2) is 4.70. The number of benzene rings is 2. The number of para-hydroxylation sites is 2. The number of phenols is 1. The fourth-order valence-corrected chi connectivity index (χ4v) is 2.17. The lowest BCUT2D eigenvalue weighted by Gasteiger charge is -2.16. The number of amides is 2. The maximum absolute atomic E-state index is 12.1. The lowest BCUT2D eigenvalue weighted by Crippen LogP contribution is -2.34. The number of carbonyl (C=O) groups is 2. The summed E-state index contributed by atoms with van der Waals surface area (Å²) >= 11 is 0. The van der Waals surface area contributed by atoms with E-state index in [2.05, 4.69) is 5.32 Å². The van der Waals surface area contributed by atoms with Crippen LogP contribution in [0.5, 0.6) is 5.75 Å². The van der Waals surface area contributed by atoms with Gasteiger partial charge in [0.1, 0.15) is 5.75 Å². The largest absolute Gasteiger partial charge is 0.506 e. The molecule has 5 heteroatoms. The standard InChI is InChI=1S/C15H12N2O3/c18-13-8-4-3-7-12(13)16-9-17-14(19)10-5-1-2-6-11(10)15(17)20/h1-8,16,18H,9H2. The molecule has 2 aromatic rings. The third kappa shape index (κ3) is 1.89. The molecule has 0 saturated carbocycles. The van der Waals surface area contributed by atoms with E-state index in [4.69, 9.17) is 0 Å². The van der Waals surface area contributed by atoms with E-state index in [-0.39, 0.29) is 24.2 Å². The maximum Gasteiger partial charge on any atom is 0.263 e. The van der Waals surface area contributed by atoms with E-state index in [0.29, 0.717) is 16.8 Å². The first kappa shape index (κ1) is 12.2. The van der Waals surface area contributed by atoms with Crippen molar-refractivity contribution in [2.75, 3.05) is 12.0 Å². The van der Waals surface area contributed by atoms with Gasteiger partial charge in [-0.25, -0.2) is 0 Å². The molecular weight excluding hydrogens is 256 g/mol. The van der Waals surface area contributed by atoms with Gasteiger partial charge in [0.25, 0.3) is 11.8 Å². The molecule has 2 amide bonds. The summed E-state index contributed by atoms with van der Waals surface area (Å²) in [7, 11) is 0. The van der Waals surface area contributed by atoms with Gasteiger partial charge in [-0.05, 0) is 24.3 Å². The van der Waals surface area contributed by atoms with Gasteiger partial charge in [-0.15, -0.1) is 0 Å². The molecule has 2 aromatic carbocycles. The van der Waals surface area contributed by atoms with Crippen molar-refractivity contribution in [1.82, 2.24) is 4.90 Å². The summed E-state index contributed by atoms with van der Waals surface area (Å²) < 4.78 is 0. The first-order valence-electron chi connectivity index (χ1n) is 6.15. The minimum absolute atomic E-state index is 0.0178. The second-order valence-corrected chi connectivity index (χ2v) is 4.44. The number of carbonyl (C=O) groups excluding carboxylic acids is 2. The van der Waals surface area contributed by atoms with Gasteiger partial charge in [-0.1, -0.05) is 24.3 Å². The van der Waals surface area contributed by atoms with Gasteiger partial charge in [0.15, 0.2) is 0 Å². The monoisotopic (exact) mass is 268 g/mol. The number of nitrogens with zero attached hydrogens (tertiary/aromatic N) is 1. The number of hydrogen-bond acceptors (Lipinski definition) is 4. The highest BCUT2D eigenvalue weighted by atomic mass is 16.3. The number of aromatic hydroxyl groups is 1. The smallest absolute Gasteiger partial charge is 0.263 e. The Morgan fingerprint density at radius 3 is 2.05 bits per heavy atom. The molecule has 0 spiro atoms. The number of anilines is 1. The second-order valence-electron chi connectivity index (χ2n) is 4.44. The Kier molecular flexibility index (Phi) is 2.87. The molecule has 20 heavy (non-hydrogen) atoms. The molecule has 100 valence electrons. The molecule has 1 aliphatic heterocycles. The van der Waals surface area contributed by atoms with Crippen molar-refractivity contribution in [2.24, 2.45) is 0 Å². The Morgan fingerprint density at radius 2 is 1.45 bits per heavy atom. The Morgan fingerprint density at radius 1 is 0.900 bits per heavy atom. The van der Waals surface area contributed by atoms with Crippen LogP contribution < -0.4 is 5.32 Å². The van der Waals surface area contributed by atoms with E-state index in [0.717, 1.165) is 4.90 Å². The molecule has 0 aromatic heterocycles. The summed E-state index contributed by atoms with van der Waals surface area (Å²) in [5.41, 5.74) is 1.30. The summed E-state index contributed by atoms with van der Waals surface area (Å²) in [6.07, 6.45) is 0. The molecule has 1 aliphatic rings. The quantitative estimate of drug-likeness (QED) is 0.660. The van der Waals surface area contributed by atoms with Crippen molar-refractivity contribution < 1.29 is 14.7 Å². The SMILES string of the molecule is O=C1c2ccccc2C(=O)N1CNc1ccccc1O. The fraction of sp³-hybridized carbons (Fsp3) is 0.0667.